The number of aromatic nitrogens is 2. The van der Waals surface area contributed by atoms with E-state index in [1.807, 2.05) is 0 Å². The number of likely N-dealkylation sites (tertiary alicyclic amines) is 1. The molecule has 1 aromatic heterocycles. The van der Waals surface area contributed by atoms with Gasteiger partial charge in [-0.3, -0.25) is 4.68 Å². The van der Waals surface area contributed by atoms with Gasteiger partial charge in [-0.25, -0.2) is 9.59 Å². The second kappa shape index (κ2) is 6.57. The first-order valence-electron chi connectivity index (χ1n) is 7.58. The smallest absolute Gasteiger partial charge is 0.410 e. The summed E-state index contributed by atoms with van der Waals surface area (Å²) in [5, 5.41) is 14.3. The Labute approximate surface area is 135 Å². The Bertz CT molecular complexity index is 578. The lowest BCUT2D eigenvalue weighted by Gasteiger charge is -2.24. The molecule has 2 atom stereocenters. The normalized spacial score (nSPS) is 21.3. The molecule has 8 heteroatoms. The van der Waals surface area contributed by atoms with Crippen molar-refractivity contribution in [2.75, 3.05) is 19.7 Å². The lowest BCUT2D eigenvalue weighted by atomic mass is 10.2. The molecule has 0 radical (unpaired) electrons. The molecule has 1 amide bonds. The first-order valence-corrected chi connectivity index (χ1v) is 7.58. The van der Waals surface area contributed by atoms with Crippen molar-refractivity contribution in [2.24, 2.45) is 0 Å². The molecule has 0 aromatic carbocycles. The second-order valence-electron chi connectivity index (χ2n) is 6.45. The number of esters is 1. The van der Waals surface area contributed by atoms with E-state index in [2.05, 4.69) is 5.10 Å². The molecule has 23 heavy (non-hydrogen) atoms. The minimum absolute atomic E-state index is 0.161. The van der Waals surface area contributed by atoms with Crippen LogP contribution in [-0.4, -0.2) is 63.3 Å². The Morgan fingerprint density at radius 1 is 1.39 bits per heavy atom. The fourth-order valence-electron chi connectivity index (χ4n) is 2.34. The lowest BCUT2D eigenvalue weighted by Crippen LogP contribution is -2.35. The van der Waals surface area contributed by atoms with Crippen LogP contribution in [0.4, 0.5) is 4.79 Å². The van der Waals surface area contributed by atoms with Gasteiger partial charge in [-0.15, -0.1) is 0 Å². The van der Waals surface area contributed by atoms with Gasteiger partial charge in [0.25, 0.3) is 0 Å². The Hall–Kier alpha value is -2.09. The Kier molecular flexibility index (Phi) is 4.93. The van der Waals surface area contributed by atoms with Gasteiger partial charge in [-0.2, -0.15) is 5.10 Å². The number of hydrogen-bond donors (Lipinski definition) is 1. The number of carbonyl (C=O) groups is 2. The van der Waals surface area contributed by atoms with Crippen molar-refractivity contribution < 1.29 is 24.2 Å². The van der Waals surface area contributed by atoms with E-state index < -0.39 is 29.8 Å². The van der Waals surface area contributed by atoms with E-state index in [1.54, 1.807) is 27.7 Å². The van der Waals surface area contributed by atoms with Crippen LogP contribution >= 0.6 is 0 Å². The number of nitrogens with zero attached hydrogens (tertiary/aromatic N) is 3. The number of ether oxygens (including phenoxy) is 2. The molecule has 2 rings (SSSR count). The molecule has 1 aliphatic rings. The van der Waals surface area contributed by atoms with Crippen molar-refractivity contribution in [3.8, 4) is 0 Å². The maximum atomic E-state index is 12.1. The van der Waals surface area contributed by atoms with E-state index >= 15 is 0 Å². The van der Waals surface area contributed by atoms with E-state index in [-0.39, 0.29) is 19.7 Å². The zero-order chi connectivity index (χ0) is 17.2. The van der Waals surface area contributed by atoms with E-state index in [9.17, 15) is 14.7 Å². The van der Waals surface area contributed by atoms with Crippen LogP contribution in [0.3, 0.4) is 0 Å². The third-order valence-electron chi connectivity index (χ3n) is 3.36. The second-order valence-corrected chi connectivity index (χ2v) is 6.45. The van der Waals surface area contributed by atoms with Crippen LogP contribution in [0.5, 0.6) is 0 Å². The van der Waals surface area contributed by atoms with Crippen LogP contribution in [0.2, 0.25) is 0 Å². The van der Waals surface area contributed by atoms with Crippen LogP contribution in [0.15, 0.2) is 12.4 Å². The van der Waals surface area contributed by atoms with Gasteiger partial charge in [0, 0.05) is 12.7 Å². The van der Waals surface area contributed by atoms with Crippen molar-refractivity contribution in [2.45, 2.75) is 45.4 Å². The minimum Gasteiger partial charge on any atom is -0.462 e. The molecule has 0 unspecified atom stereocenters. The van der Waals surface area contributed by atoms with Crippen LogP contribution < -0.4 is 0 Å². The summed E-state index contributed by atoms with van der Waals surface area (Å²) in [5.74, 6) is -0.463. The monoisotopic (exact) mass is 325 g/mol. The molecule has 1 aromatic rings. The highest BCUT2D eigenvalue weighted by atomic mass is 16.6. The Morgan fingerprint density at radius 2 is 2.09 bits per heavy atom. The maximum Gasteiger partial charge on any atom is 0.410 e. The number of aliphatic hydroxyl groups is 1. The highest BCUT2D eigenvalue weighted by Crippen LogP contribution is 2.24. The van der Waals surface area contributed by atoms with Crippen molar-refractivity contribution in [3.05, 3.63) is 18.0 Å². The van der Waals surface area contributed by atoms with E-state index in [0.29, 0.717) is 5.56 Å². The summed E-state index contributed by atoms with van der Waals surface area (Å²) in [5.41, 5.74) is -0.280. The number of hydrogen-bond acceptors (Lipinski definition) is 6. The Balaban J connectivity index is 2.04. The van der Waals surface area contributed by atoms with Gasteiger partial charge >= 0.3 is 12.1 Å². The molecule has 128 valence electrons. The van der Waals surface area contributed by atoms with Gasteiger partial charge in [0.05, 0.1) is 37.1 Å². The summed E-state index contributed by atoms with van der Waals surface area (Å²) in [6.45, 7) is 7.79. The van der Waals surface area contributed by atoms with Gasteiger partial charge in [0.15, 0.2) is 0 Å². The van der Waals surface area contributed by atoms with E-state index in [0.717, 1.165) is 0 Å². The summed E-state index contributed by atoms with van der Waals surface area (Å²) in [6, 6.07) is -0.425. The molecule has 2 heterocycles. The summed E-state index contributed by atoms with van der Waals surface area (Å²) in [4.78, 5) is 25.2. The lowest BCUT2D eigenvalue weighted by molar-refractivity contribution is 0.0269. The molecule has 1 N–H and O–H groups in total. The van der Waals surface area contributed by atoms with E-state index in [4.69, 9.17) is 9.47 Å². The van der Waals surface area contributed by atoms with Crippen LogP contribution in [-0.2, 0) is 9.47 Å². The van der Waals surface area contributed by atoms with Crippen molar-refractivity contribution in [1.82, 2.24) is 14.7 Å². The Morgan fingerprint density at radius 3 is 2.70 bits per heavy atom. The fourth-order valence-corrected chi connectivity index (χ4v) is 2.34. The first-order chi connectivity index (χ1) is 10.7. The zero-order valence-corrected chi connectivity index (χ0v) is 13.9. The van der Waals surface area contributed by atoms with E-state index in [1.165, 1.54) is 22.0 Å². The molecular weight excluding hydrogens is 302 g/mol. The fraction of sp³-hybridized carbons (Fsp3) is 0.667. The molecular formula is C15H23N3O5. The van der Waals surface area contributed by atoms with Crippen LogP contribution in [0, 0.1) is 0 Å². The van der Waals surface area contributed by atoms with Gasteiger partial charge in [-0.1, -0.05) is 0 Å². The average Bonchev–Trinajstić information content (AvgIpc) is 3.03. The number of rotatable bonds is 3. The predicted molar refractivity (Wildman–Crippen MR) is 81.0 cm³/mol. The first kappa shape index (κ1) is 17.3. The zero-order valence-electron chi connectivity index (χ0n) is 13.9. The molecule has 0 aliphatic carbocycles. The van der Waals surface area contributed by atoms with Gasteiger partial charge in [-0.05, 0) is 27.7 Å². The van der Waals surface area contributed by atoms with Gasteiger partial charge in [0.2, 0.25) is 0 Å². The highest BCUT2D eigenvalue weighted by molar-refractivity contribution is 5.88. The van der Waals surface area contributed by atoms with Crippen LogP contribution in [0.25, 0.3) is 0 Å². The summed E-state index contributed by atoms with van der Waals surface area (Å²) < 4.78 is 11.7. The number of β-amino-alcohol motifs (C(OH)–C–C–N with tert-alkyl or cyclic N) is 1. The molecule has 1 aliphatic heterocycles. The van der Waals surface area contributed by atoms with Crippen molar-refractivity contribution in [1.29, 1.82) is 0 Å². The van der Waals surface area contributed by atoms with Crippen molar-refractivity contribution >= 4 is 12.1 Å². The largest absolute Gasteiger partial charge is 0.462 e. The molecule has 1 saturated heterocycles. The molecule has 0 bridgehead atoms. The van der Waals surface area contributed by atoms with Crippen molar-refractivity contribution in [3.63, 3.8) is 0 Å². The predicted octanol–water partition coefficient (Wildman–Crippen LogP) is 1.21. The average molecular weight is 325 g/mol. The number of aliphatic hydroxyl groups excluding tert-OH is 1. The highest BCUT2D eigenvalue weighted by Gasteiger charge is 2.37. The standard InChI is InChI=1S/C15H23N3O5/c1-5-22-13(20)10-6-16-18(7-10)11-8-17(9-12(11)19)14(21)23-15(2,3)4/h6-7,11-12,19H,5,8-9H2,1-4H3/t11-,12-/m1/s1. The quantitative estimate of drug-likeness (QED) is 0.840. The topological polar surface area (TPSA) is 93.9 Å². The van der Waals surface area contributed by atoms with Crippen LogP contribution in [0.1, 0.15) is 44.1 Å². The summed E-state index contributed by atoms with van der Waals surface area (Å²) >= 11 is 0. The van der Waals surface area contributed by atoms with Gasteiger partial charge in [0.1, 0.15) is 5.60 Å². The van der Waals surface area contributed by atoms with Gasteiger partial charge < -0.3 is 19.5 Å². The third-order valence-corrected chi connectivity index (χ3v) is 3.36. The molecule has 0 spiro atoms. The SMILES string of the molecule is CCOC(=O)c1cnn([C@@H]2CN(C(=O)OC(C)(C)C)C[C@H]2O)c1. The summed E-state index contributed by atoms with van der Waals surface area (Å²) in [7, 11) is 0. The maximum absolute atomic E-state index is 12.1. The molecule has 1 fully saturated rings. The molecule has 0 saturated carbocycles. The molecule has 8 nitrogen and oxygen atoms in total. The third kappa shape index (κ3) is 4.22. The minimum atomic E-state index is -0.780. The number of amides is 1. The summed E-state index contributed by atoms with van der Waals surface area (Å²) in [6.07, 6.45) is 1.65. The number of carbonyl (C=O) groups excluding carboxylic acids is 2.